The molecule has 2 aromatic carbocycles. The van der Waals surface area contributed by atoms with E-state index in [2.05, 4.69) is 12.2 Å². The van der Waals surface area contributed by atoms with Crippen LogP contribution in [0, 0.1) is 18.6 Å². The normalized spacial score (nSPS) is 10.9. The molecule has 0 saturated heterocycles. The van der Waals surface area contributed by atoms with Gasteiger partial charge in [-0.1, -0.05) is 50.3 Å². The summed E-state index contributed by atoms with van der Waals surface area (Å²) in [4.78, 5) is 23.5. The number of aromatic hydroxyl groups is 1. The lowest BCUT2D eigenvalue weighted by atomic mass is 9.89. The van der Waals surface area contributed by atoms with Crippen LogP contribution >= 0.6 is 0 Å². The third-order valence-electron chi connectivity index (χ3n) is 6.05. The summed E-state index contributed by atoms with van der Waals surface area (Å²) in [5.74, 6) is -3.91. The quantitative estimate of drug-likeness (QED) is 0.179. The highest BCUT2D eigenvalue weighted by Gasteiger charge is 2.24. The number of benzene rings is 3. The lowest BCUT2D eigenvalue weighted by molar-refractivity contribution is 0.0697. The first-order chi connectivity index (χ1) is 17.7. The predicted octanol–water partition coefficient (Wildman–Crippen LogP) is 6.73. The van der Waals surface area contributed by atoms with Crippen LogP contribution in [0.25, 0.3) is 33.4 Å². The van der Waals surface area contributed by atoms with E-state index in [9.17, 15) is 28.6 Å². The summed E-state index contributed by atoms with van der Waals surface area (Å²) in [6.45, 7) is 5.18. The van der Waals surface area contributed by atoms with Crippen molar-refractivity contribution in [2.45, 2.75) is 46.0 Å². The minimum Gasteiger partial charge on any atom is -0.505 e. The molecule has 4 rings (SSSR count). The Balaban J connectivity index is 0.000000364. The lowest BCUT2D eigenvalue weighted by Gasteiger charge is -2.17. The number of carboxylic acid groups (broad SMARTS) is 1. The molecule has 1 aliphatic heterocycles. The van der Waals surface area contributed by atoms with Gasteiger partial charge in [-0.25, -0.2) is 13.6 Å². The molecule has 0 unspecified atom stereocenters. The number of nitrogens with one attached hydrogen (secondary N) is 1. The Morgan fingerprint density at radius 1 is 0.973 bits per heavy atom. The number of phenolic OH excluding ortho intramolecular Hbond substituents is 1. The second kappa shape index (κ2) is 12.5. The van der Waals surface area contributed by atoms with Crippen molar-refractivity contribution in [3.63, 3.8) is 0 Å². The Kier molecular flexibility index (Phi) is 9.36. The van der Waals surface area contributed by atoms with Crippen molar-refractivity contribution >= 4 is 16.9 Å². The Morgan fingerprint density at radius 2 is 1.70 bits per heavy atom. The molecule has 3 N–H and O–H groups in total. The van der Waals surface area contributed by atoms with Crippen LogP contribution in [0.5, 0.6) is 5.75 Å². The maximum absolute atomic E-state index is 14.1. The molecule has 2 aromatic rings. The predicted molar refractivity (Wildman–Crippen MR) is 141 cm³/mol. The van der Waals surface area contributed by atoms with E-state index >= 15 is 0 Å². The number of fused-ring (bicyclic) bond motifs is 2. The molecule has 196 valence electrons. The van der Waals surface area contributed by atoms with Gasteiger partial charge in [0.25, 0.3) is 0 Å². The highest BCUT2D eigenvalue weighted by atomic mass is 19.1. The van der Waals surface area contributed by atoms with Gasteiger partial charge in [0.2, 0.25) is 5.43 Å². The maximum Gasteiger partial charge on any atom is 0.336 e. The maximum atomic E-state index is 14.1. The van der Waals surface area contributed by atoms with Gasteiger partial charge < -0.3 is 19.9 Å². The zero-order valence-corrected chi connectivity index (χ0v) is 21.2. The smallest absolute Gasteiger partial charge is 0.336 e. The van der Waals surface area contributed by atoms with Gasteiger partial charge in [-0.3, -0.25) is 4.79 Å². The Bertz CT molecular complexity index is 1420. The molecule has 0 spiro atoms. The van der Waals surface area contributed by atoms with Crippen LogP contribution in [0.1, 0.15) is 54.9 Å². The minimum absolute atomic E-state index is 0.0160. The molecule has 2 aliphatic rings. The number of aromatic carboxylic acids is 1. The molecule has 1 heterocycles. The van der Waals surface area contributed by atoms with Crippen molar-refractivity contribution in [2.75, 3.05) is 13.6 Å². The van der Waals surface area contributed by atoms with Gasteiger partial charge in [0.05, 0.1) is 5.56 Å². The monoisotopic (exact) mass is 511 g/mol. The van der Waals surface area contributed by atoms with E-state index in [1.54, 1.807) is 19.1 Å². The van der Waals surface area contributed by atoms with Crippen molar-refractivity contribution in [2.24, 2.45) is 0 Å². The first-order valence-electron chi connectivity index (χ1n) is 12.2. The molecule has 0 atom stereocenters. The summed E-state index contributed by atoms with van der Waals surface area (Å²) >= 11 is 0. The number of unbranched alkanes of at least 4 members (excludes halogenated alkanes) is 4. The van der Waals surface area contributed by atoms with Crippen LogP contribution in [0.2, 0.25) is 0 Å². The third-order valence-corrected chi connectivity index (χ3v) is 6.05. The fourth-order valence-corrected chi connectivity index (χ4v) is 4.15. The van der Waals surface area contributed by atoms with Crippen molar-refractivity contribution in [3.05, 3.63) is 75.4 Å². The largest absolute Gasteiger partial charge is 0.505 e. The van der Waals surface area contributed by atoms with Gasteiger partial charge in [-0.2, -0.15) is 0 Å². The summed E-state index contributed by atoms with van der Waals surface area (Å²) in [6.07, 6.45) is 6.91. The molecule has 1 aliphatic carbocycles. The van der Waals surface area contributed by atoms with E-state index in [-0.39, 0.29) is 39.0 Å². The van der Waals surface area contributed by atoms with Crippen LogP contribution in [0.3, 0.4) is 0 Å². The number of hydrogen-bond donors (Lipinski definition) is 3. The van der Waals surface area contributed by atoms with E-state index < -0.39 is 28.8 Å². The number of carbonyl (C=O) groups is 1. The van der Waals surface area contributed by atoms with Gasteiger partial charge in [-0.05, 0) is 50.7 Å². The van der Waals surface area contributed by atoms with Crippen LogP contribution in [0.4, 0.5) is 8.78 Å². The number of hydrogen-bond acceptors (Lipinski definition) is 5. The van der Waals surface area contributed by atoms with Gasteiger partial charge in [0, 0.05) is 28.6 Å². The molecule has 0 radical (unpaired) electrons. The van der Waals surface area contributed by atoms with E-state index in [0.29, 0.717) is 0 Å². The molecule has 8 heteroatoms. The average Bonchev–Trinajstić information content (AvgIpc) is 2.85. The number of aryl methyl sites for hydroxylation is 1. The van der Waals surface area contributed by atoms with Crippen molar-refractivity contribution in [1.29, 1.82) is 0 Å². The highest BCUT2D eigenvalue weighted by molar-refractivity contribution is 6.07. The Hall–Kier alpha value is -3.78. The number of rotatable bonds is 8. The number of halogens is 2. The summed E-state index contributed by atoms with van der Waals surface area (Å²) in [6, 6.07) is 8.46. The second-order valence-corrected chi connectivity index (χ2v) is 8.93. The molecule has 37 heavy (non-hydrogen) atoms. The molecule has 0 saturated carbocycles. The molecule has 0 fully saturated rings. The van der Waals surface area contributed by atoms with Crippen molar-refractivity contribution < 1.29 is 28.2 Å². The topological polar surface area (TPSA) is 99.8 Å². The van der Waals surface area contributed by atoms with Crippen molar-refractivity contribution in [1.82, 2.24) is 5.32 Å². The Morgan fingerprint density at radius 3 is 2.38 bits per heavy atom. The van der Waals surface area contributed by atoms with Gasteiger partial charge >= 0.3 is 5.97 Å². The first-order valence-corrected chi connectivity index (χ1v) is 12.2. The van der Waals surface area contributed by atoms with Crippen LogP contribution < -0.4 is 10.7 Å². The molecule has 0 bridgehead atoms. The van der Waals surface area contributed by atoms with Crippen LogP contribution in [0.15, 0.2) is 51.7 Å². The zero-order chi connectivity index (χ0) is 27.1. The van der Waals surface area contributed by atoms with Gasteiger partial charge in [0.15, 0.2) is 17.4 Å². The molecular weight excluding hydrogens is 480 g/mol. The zero-order valence-electron chi connectivity index (χ0n) is 21.2. The molecule has 6 nitrogen and oxygen atoms in total. The van der Waals surface area contributed by atoms with Crippen LogP contribution in [-0.4, -0.2) is 29.8 Å². The fourth-order valence-electron chi connectivity index (χ4n) is 4.15. The van der Waals surface area contributed by atoms with Crippen LogP contribution in [-0.2, 0) is 0 Å². The van der Waals surface area contributed by atoms with E-state index in [4.69, 9.17) is 4.42 Å². The Labute approximate surface area is 213 Å². The first kappa shape index (κ1) is 27.8. The number of carboxylic acids is 1. The van der Waals surface area contributed by atoms with E-state index in [1.165, 1.54) is 44.7 Å². The highest BCUT2D eigenvalue weighted by Crippen LogP contribution is 2.43. The van der Waals surface area contributed by atoms with Crippen molar-refractivity contribution in [3.8, 4) is 28.2 Å². The minimum atomic E-state index is -1.22. The summed E-state index contributed by atoms with van der Waals surface area (Å²) in [7, 11) is 2.01. The molecular formula is C29H31F2NO5. The van der Waals surface area contributed by atoms with Gasteiger partial charge in [0.1, 0.15) is 11.3 Å². The van der Waals surface area contributed by atoms with Gasteiger partial charge in [-0.15, -0.1) is 0 Å². The third kappa shape index (κ3) is 6.51. The standard InChI is InChI=1S/C21H12F2O5.C8H19N/c1-9-2-3-10(21(26)27)11(4-9)20-12-5-14(22)16(24)7-18(12)28-19-8-17(25)15(23)6-13(19)20;1-3-4-5-6-7-8-9-2/h2-8,24H,1H3,(H,26,27);9H,3-8H2,1-2H3. The number of phenols is 1. The summed E-state index contributed by atoms with van der Waals surface area (Å²) in [5, 5.41) is 22.6. The van der Waals surface area contributed by atoms with E-state index in [1.807, 2.05) is 7.05 Å². The van der Waals surface area contributed by atoms with E-state index in [0.717, 1.165) is 29.8 Å². The lowest BCUT2D eigenvalue weighted by Crippen LogP contribution is -2.07. The average molecular weight is 512 g/mol. The second-order valence-electron chi connectivity index (χ2n) is 8.93. The summed E-state index contributed by atoms with van der Waals surface area (Å²) in [5.41, 5.74) is 0.266. The fraction of sp³-hybridized carbons (Fsp3) is 0.310. The molecule has 0 amide bonds. The molecule has 0 aromatic heterocycles. The SMILES string of the molecule is CCCCCCCNC.Cc1ccc(C(=O)O)c(-c2c3cc(F)c(=O)cc-3oc3cc(O)c(F)cc23)c1. The summed E-state index contributed by atoms with van der Waals surface area (Å²) < 4.78 is 33.7.